The zero-order valence-electron chi connectivity index (χ0n) is 20.1. The fraction of sp³-hybridized carbons (Fsp3) is 0.0370. The molecule has 0 bridgehead atoms. The Morgan fingerprint density at radius 3 is 1.57 bits per heavy atom. The molecule has 3 atom stereocenters. The van der Waals surface area contributed by atoms with Crippen molar-refractivity contribution in [3.05, 3.63) is 133 Å². The molecular weight excluding hydrogens is 523 g/mol. The van der Waals surface area contributed by atoms with Crippen LogP contribution >= 0.6 is 24.8 Å². The van der Waals surface area contributed by atoms with Crippen molar-refractivity contribution < 1.29 is 18.7 Å². The van der Waals surface area contributed by atoms with E-state index in [1.807, 2.05) is 128 Å². The molecule has 0 saturated heterocycles. The molecule has 0 aromatic heterocycles. The molecule has 1 aliphatic heterocycles. The number of nitrogens with zero attached hydrogens (tertiary/aromatic N) is 3. The molecule has 1 heterocycles. The van der Waals surface area contributed by atoms with E-state index in [0.29, 0.717) is 23.0 Å². The molecule has 4 aromatic rings. The van der Waals surface area contributed by atoms with Crippen LogP contribution in [0.25, 0.3) is 0 Å². The molecule has 0 spiro atoms. The van der Waals surface area contributed by atoms with Crippen molar-refractivity contribution >= 4 is 24.8 Å². The summed E-state index contributed by atoms with van der Waals surface area (Å²) in [5, 5.41) is 0.883. The van der Waals surface area contributed by atoms with Gasteiger partial charge < -0.3 is 18.7 Å². The third-order valence-corrected chi connectivity index (χ3v) is 11.5. The van der Waals surface area contributed by atoms with E-state index in [9.17, 15) is 0 Å². The number of hydrogen-bond acceptors (Lipinski definition) is 7. The van der Waals surface area contributed by atoms with Crippen LogP contribution in [0.5, 0.6) is 23.0 Å². The van der Waals surface area contributed by atoms with Gasteiger partial charge in [0.15, 0.2) is 0 Å². The minimum absolute atomic E-state index is 0.636. The van der Waals surface area contributed by atoms with Gasteiger partial charge in [0.2, 0.25) is 0 Å². The van der Waals surface area contributed by atoms with Gasteiger partial charge in [-0.3, -0.25) is 0 Å². The van der Waals surface area contributed by atoms with Crippen LogP contribution < -0.4 is 18.7 Å². The molecule has 7 nitrogen and oxygen atoms in total. The summed E-state index contributed by atoms with van der Waals surface area (Å²) in [4.78, 5) is 12.9. The van der Waals surface area contributed by atoms with Crippen molar-refractivity contribution in [3.63, 3.8) is 0 Å². The monoisotopic (exact) mass is 549 g/mol. The van der Waals surface area contributed by atoms with E-state index in [1.54, 1.807) is 9.21 Å². The minimum Gasteiger partial charge on any atom is -0.440 e. The highest BCUT2D eigenvalue weighted by molar-refractivity contribution is 7.76. The highest BCUT2D eigenvalue weighted by Gasteiger charge is 2.47. The Morgan fingerprint density at radius 1 is 0.649 bits per heavy atom. The third-order valence-electron chi connectivity index (χ3n) is 4.92. The first kappa shape index (κ1) is 25.5. The van der Waals surface area contributed by atoms with E-state index in [2.05, 4.69) is 6.58 Å². The lowest BCUT2D eigenvalue weighted by Crippen LogP contribution is -2.32. The predicted molar refractivity (Wildman–Crippen MR) is 151 cm³/mol. The molecule has 3 unspecified atom stereocenters. The summed E-state index contributed by atoms with van der Waals surface area (Å²) in [6.07, 6.45) is 0. The molecular formula is C27H26N3O4P3. The van der Waals surface area contributed by atoms with E-state index in [1.165, 1.54) is 0 Å². The highest BCUT2D eigenvalue weighted by Crippen LogP contribution is 2.72. The Hall–Kier alpha value is -3.17. The second-order valence-corrected chi connectivity index (χ2v) is 13.7. The summed E-state index contributed by atoms with van der Waals surface area (Å²) in [5.74, 6) is 2.67. The maximum absolute atomic E-state index is 6.60. The highest BCUT2D eigenvalue weighted by atomic mass is 31.3. The number of para-hydroxylation sites is 4. The molecule has 1 aliphatic rings. The van der Waals surface area contributed by atoms with Gasteiger partial charge in [0.05, 0.1) is 7.86 Å². The van der Waals surface area contributed by atoms with Crippen LogP contribution in [0.2, 0.25) is 0 Å². The first-order valence-electron chi connectivity index (χ1n) is 11.5. The van der Waals surface area contributed by atoms with Gasteiger partial charge in [0, 0.05) is 4.60 Å². The van der Waals surface area contributed by atoms with Crippen LogP contribution in [0.15, 0.2) is 138 Å². The van der Waals surface area contributed by atoms with Gasteiger partial charge >= 0.3 is 16.9 Å². The Kier molecular flexibility index (Phi) is 8.53. The van der Waals surface area contributed by atoms with Gasteiger partial charge in [-0.25, -0.2) is 4.52 Å². The molecule has 0 aliphatic carbocycles. The van der Waals surface area contributed by atoms with Gasteiger partial charge in [0.25, 0.3) is 0 Å². The number of benzene rings is 4. The van der Waals surface area contributed by atoms with E-state index in [-0.39, 0.29) is 0 Å². The average Bonchev–Trinajstić information content (AvgIpc) is 2.94. The van der Waals surface area contributed by atoms with Gasteiger partial charge in [-0.15, -0.1) is 0 Å². The fourth-order valence-corrected chi connectivity index (χ4v) is 10.7. The van der Waals surface area contributed by atoms with Gasteiger partial charge in [-0.05, 0) is 65.4 Å². The molecule has 10 heteroatoms. The molecule has 0 amide bonds. The van der Waals surface area contributed by atoms with Crippen LogP contribution in [0.4, 0.5) is 0 Å². The molecule has 0 radical (unpaired) electrons. The second-order valence-electron chi connectivity index (χ2n) is 7.85. The van der Waals surface area contributed by atoms with Gasteiger partial charge in [-0.1, -0.05) is 79.4 Å². The summed E-state index contributed by atoms with van der Waals surface area (Å²) < 4.78 is 21.6. The Bertz CT molecular complexity index is 1330. The standard InChI is InChI=1S/C27H26N3O4P3/c1-23(2)35-28-36(33-26-19-11-5-12-20-26)30(32-25-17-9-4-10-18-25)37(34-27-21-13-6-14-22-27)29(35)31-24-15-7-3-8-16-24/h3-22,35H,1H2,2H3. The summed E-state index contributed by atoms with van der Waals surface area (Å²) in [6.45, 7) is 6.20. The van der Waals surface area contributed by atoms with Crippen molar-refractivity contribution in [2.45, 2.75) is 6.92 Å². The number of allylic oxidation sites excluding steroid dienone is 1. The number of hydrogen-bond donors (Lipinski definition) is 0. The molecule has 4 aromatic carbocycles. The maximum Gasteiger partial charge on any atom is 0.343 e. The second kappa shape index (κ2) is 12.4. The van der Waals surface area contributed by atoms with Crippen LogP contribution in [0.1, 0.15) is 6.92 Å². The van der Waals surface area contributed by atoms with Crippen LogP contribution in [-0.4, -0.2) is 9.21 Å². The lowest BCUT2D eigenvalue weighted by molar-refractivity contribution is 0.0697. The van der Waals surface area contributed by atoms with Crippen molar-refractivity contribution in [3.8, 4) is 23.0 Å². The minimum atomic E-state index is -1.83. The average molecular weight is 549 g/mol. The SMILES string of the molecule is C=C(C)[PH]1=NP(Oc2ccccc2)N(Oc2ccccc2)P(Oc2ccccc2)N1Oc1ccccc1. The van der Waals surface area contributed by atoms with E-state index in [0.717, 1.165) is 5.31 Å². The van der Waals surface area contributed by atoms with E-state index < -0.39 is 24.8 Å². The Labute approximate surface area is 220 Å². The van der Waals surface area contributed by atoms with E-state index in [4.69, 9.17) is 23.2 Å². The largest absolute Gasteiger partial charge is 0.440 e. The summed E-state index contributed by atoms with van der Waals surface area (Å²) >= 11 is 0. The lowest BCUT2D eigenvalue weighted by atomic mass is 10.3. The molecule has 0 fully saturated rings. The smallest absolute Gasteiger partial charge is 0.343 e. The fourth-order valence-electron chi connectivity index (χ4n) is 3.21. The molecule has 188 valence electrons. The van der Waals surface area contributed by atoms with E-state index >= 15 is 0 Å². The van der Waals surface area contributed by atoms with Gasteiger partial charge in [-0.2, -0.15) is 0 Å². The molecule has 0 N–H and O–H groups in total. The van der Waals surface area contributed by atoms with Crippen molar-refractivity contribution in [1.82, 2.24) is 9.21 Å². The Balaban J connectivity index is 1.60. The van der Waals surface area contributed by atoms with Crippen molar-refractivity contribution in [2.75, 3.05) is 0 Å². The van der Waals surface area contributed by atoms with Crippen LogP contribution in [-0.2, 0) is 0 Å². The van der Waals surface area contributed by atoms with Crippen molar-refractivity contribution in [1.29, 1.82) is 0 Å². The maximum atomic E-state index is 6.60. The normalized spacial score (nSPS) is 19.9. The van der Waals surface area contributed by atoms with Crippen molar-refractivity contribution in [2.24, 2.45) is 4.52 Å². The Morgan fingerprint density at radius 2 is 1.08 bits per heavy atom. The first-order valence-corrected chi connectivity index (χ1v) is 15.3. The third kappa shape index (κ3) is 6.59. The molecule has 5 rings (SSSR count). The van der Waals surface area contributed by atoms with Crippen LogP contribution in [0.3, 0.4) is 0 Å². The van der Waals surface area contributed by atoms with Crippen LogP contribution in [0, 0.1) is 0 Å². The molecule has 37 heavy (non-hydrogen) atoms. The topological polar surface area (TPSA) is 55.8 Å². The van der Waals surface area contributed by atoms with Gasteiger partial charge in [0.1, 0.15) is 23.0 Å². The first-order chi connectivity index (χ1) is 18.2. The molecule has 0 saturated carbocycles. The quantitative estimate of drug-likeness (QED) is 0.194. The summed E-state index contributed by atoms with van der Waals surface area (Å²) in [6, 6.07) is 38.3. The summed E-state index contributed by atoms with van der Waals surface area (Å²) in [7, 11) is -5.19. The lowest BCUT2D eigenvalue weighted by Gasteiger charge is -2.41. The zero-order valence-corrected chi connectivity index (χ0v) is 22.9. The zero-order chi connectivity index (χ0) is 25.5. The number of rotatable bonds is 9. The summed E-state index contributed by atoms with van der Waals surface area (Å²) in [5.41, 5.74) is 0. The predicted octanol–water partition coefficient (Wildman–Crippen LogP) is 9.05.